The van der Waals surface area contributed by atoms with Crippen molar-refractivity contribution in [3.63, 3.8) is 0 Å². The van der Waals surface area contributed by atoms with Gasteiger partial charge in [-0.25, -0.2) is 10.1 Å². The standard InChI is InChI=1S/C3H7N3O3/c1-2(3(4)7)5-6(8)9/h2,5H,1H3,(H2,4,7)/t2-/m0/s1. The minimum atomic E-state index is -0.917. The summed E-state index contributed by atoms with van der Waals surface area (Å²) in [6.45, 7) is 1.31. The molecule has 0 rings (SSSR count). The van der Waals surface area contributed by atoms with Gasteiger partial charge in [0.05, 0.1) is 0 Å². The van der Waals surface area contributed by atoms with E-state index in [-0.39, 0.29) is 0 Å². The van der Waals surface area contributed by atoms with Crippen molar-refractivity contribution in [1.82, 2.24) is 5.43 Å². The number of nitrogens with zero attached hydrogens (tertiary/aromatic N) is 1. The van der Waals surface area contributed by atoms with E-state index in [0.717, 1.165) is 0 Å². The first-order valence-electron chi connectivity index (χ1n) is 2.24. The molecule has 0 unspecified atom stereocenters. The van der Waals surface area contributed by atoms with Crippen LogP contribution < -0.4 is 11.2 Å². The van der Waals surface area contributed by atoms with Crippen molar-refractivity contribution in [2.75, 3.05) is 0 Å². The Morgan fingerprint density at radius 3 is 2.44 bits per heavy atom. The number of nitrogens with one attached hydrogen (secondary N) is 1. The van der Waals surface area contributed by atoms with Gasteiger partial charge in [-0.05, 0) is 6.92 Å². The van der Waals surface area contributed by atoms with Crippen molar-refractivity contribution in [2.45, 2.75) is 13.0 Å². The maximum absolute atomic E-state index is 10.1. The summed E-state index contributed by atoms with van der Waals surface area (Å²) in [4.78, 5) is 19.7. The fourth-order valence-corrected chi connectivity index (χ4v) is 0.222. The first kappa shape index (κ1) is 7.67. The van der Waals surface area contributed by atoms with Gasteiger partial charge in [-0.15, -0.1) is 5.43 Å². The topological polar surface area (TPSA) is 98.3 Å². The van der Waals surface area contributed by atoms with Gasteiger partial charge in [0.15, 0.2) is 11.1 Å². The first-order valence-corrected chi connectivity index (χ1v) is 2.24. The predicted octanol–water partition coefficient (Wildman–Crippen LogP) is -1.36. The molecule has 1 amide bonds. The number of hydrazine groups is 1. The summed E-state index contributed by atoms with van der Waals surface area (Å²) >= 11 is 0. The smallest absolute Gasteiger partial charge is 0.245 e. The van der Waals surface area contributed by atoms with Gasteiger partial charge in [-0.1, -0.05) is 0 Å². The van der Waals surface area contributed by atoms with Crippen LogP contribution in [0, 0.1) is 10.1 Å². The molecule has 0 aromatic carbocycles. The van der Waals surface area contributed by atoms with E-state index in [1.165, 1.54) is 6.92 Å². The highest BCUT2D eigenvalue weighted by molar-refractivity contribution is 5.79. The summed E-state index contributed by atoms with van der Waals surface area (Å²) < 4.78 is 0. The number of amides is 1. The average Bonchev–Trinajstić information content (AvgIpc) is 1.63. The summed E-state index contributed by atoms with van der Waals surface area (Å²) in [7, 11) is 0. The quantitative estimate of drug-likeness (QED) is 0.367. The first-order chi connectivity index (χ1) is 4.04. The number of rotatable bonds is 3. The Balaban J connectivity index is 3.63. The Morgan fingerprint density at radius 2 is 2.33 bits per heavy atom. The summed E-state index contributed by atoms with van der Waals surface area (Å²) in [5.74, 6) is -0.744. The van der Waals surface area contributed by atoms with E-state index in [1.807, 2.05) is 0 Å². The number of nitro groups is 1. The summed E-state index contributed by atoms with van der Waals surface area (Å²) in [5, 5.41) is 8.79. The van der Waals surface area contributed by atoms with E-state index >= 15 is 0 Å². The fourth-order valence-electron chi connectivity index (χ4n) is 0.222. The molecule has 0 bridgehead atoms. The molecule has 0 saturated carbocycles. The Labute approximate surface area is 51.1 Å². The van der Waals surface area contributed by atoms with Gasteiger partial charge in [0.2, 0.25) is 5.91 Å². The van der Waals surface area contributed by atoms with Gasteiger partial charge in [0.1, 0.15) is 0 Å². The molecule has 6 nitrogen and oxygen atoms in total. The molecule has 0 radical (unpaired) electrons. The van der Waals surface area contributed by atoms with Gasteiger partial charge in [0.25, 0.3) is 0 Å². The minimum absolute atomic E-state index is 0.744. The highest BCUT2D eigenvalue weighted by Gasteiger charge is 2.11. The molecular weight excluding hydrogens is 126 g/mol. The van der Waals surface area contributed by atoms with Crippen molar-refractivity contribution in [3.8, 4) is 0 Å². The largest absolute Gasteiger partial charge is 0.368 e. The molecule has 0 aromatic rings. The Hall–Kier alpha value is -1.33. The number of hydrogen-bond acceptors (Lipinski definition) is 3. The lowest BCUT2D eigenvalue weighted by molar-refractivity contribution is -0.547. The molecule has 0 fully saturated rings. The van der Waals surface area contributed by atoms with Crippen LogP contribution in [0.2, 0.25) is 0 Å². The van der Waals surface area contributed by atoms with Crippen molar-refractivity contribution in [2.24, 2.45) is 5.73 Å². The summed E-state index contributed by atoms with van der Waals surface area (Å²) in [5.41, 5.74) is 6.37. The van der Waals surface area contributed by atoms with Crippen LogP contribution in [0.4, 0.5) is 0 Å². The zero-order chi connectivity index (χ0) is 7.44. The van der Waals surface area contributed by atoms with Crippen LogP contribution in [0.1, 0.15) is 6.92 Å². The summed E-state index contributed by atoms with van der Waals surface area (Å²) in [6.07, 6.45) is 0. The van der Waals surface area contributed by atoms with Crippen LogP contribution in [0.25, 0.3) is 0 Å². The number of carbonyl (C=O) groups excluding carboxylic acids is 1. The van der Waals surface area contributed by atoms with Gasteiger partial charge < -0.3 is 5.73 Å². The van der Waals surface area contributed by atoms with Gasteiger partial charge in [-0.2, -0.15) is 0 Å². The molecule has 6 heteroatoms. The van der Waals surface area contributed by atoms with E-state index in [9.17, 15) is 14.9 Å². The Bertz CT molecular complexity index is 134. The number of nitrogens with two attached hydrogens (primary N) is 1. The summed E-state index contributed by atoms with van der Waals surface area (Å²) in [6, 6.07) is -0.917. The van der Waals surface area contributed by atoms with E-state index in [2.05, 4.69) is 5.73 Å². The molecular formula is C3H7N3O3. The Morgan fingerprint density at radius 1 is 1.89 bits per heavy atom. The zero-order valence-electron chi connectivity index (χ0n) is 4.83. The van der Waals surface area contributed by atoms with Crippen molar-refractivity contribution in [1.29, 1.82) is 0 Å². The van der Waals surface area contributed by atoms with Crippen molar-refractivity contribution >= 4 is 5.91 Å². The molecule has 0 saturated heterocycles. The molecule has 9 heavy (non-hydrogen) atoms. The molecule has 3 N–H and O–H groups in total. The molecule has 0 spiro atoms. The maximum Gasteiger partial charge on any atom is 0.245 e. The van der Waals surface area contributed by atoms with Crippen LogP contribution in [-0.4, -0.2) is 17.0 Å². The van der Waals surface area contributed by atoms with Crippen LogP contribution in [0.5, 0.6) is 0 Å². The Kier molecular flexibility index (Phi) is 2.43. The number of hydrogen-bond donors (Lipinski definition) is 2. The lowest BCUT2D eigenvalue weighted by Gasteiger charge is -2.00. The van der Waals surface area contributed by atoms with E-state index < -0.39 is 17.0 Å². The van der Waals surface area contributed by atoms with Crippen LogP contribution >= 0.6 is 0 Å². The molecule has 0 aliphatic rings. The third-order valence-electron chi connectivity index (χ3n) is 0.726. The molecule has 0 heterocycles. The molecule has 0 aromatic heterocycles. The lowest BCUT2D eigenvalue weighted by Crippen LogP contribution is -2.41. The van der Waals surface area contributed by atoms with Gasteiger partial charge in [-0.3, -0.25) is 4.79 Å². The third kappa shape index (κ3) is 3.27. The fraction of sp³-hybridized carbons (Fsp3) is 0.667. The van der Waals surface area contributed by atoms with Crippen LogP contribution in [0.3, 0.4) is 0 Å². The van der Waals surface area contributed by atoms with E-state index in [4.69, 9.17) is 0 Å². The van der Waals surface area contributed by atoms with Crippen molar-refractivity contribution in [3.05, 3.63) is 10.1 Å². The number of carbonyl (C=O) groups is 1. The number of primary amides is 1. The van der Waals surface area contributed by atoms with Crippen LogP contribution in [0.15, 0.2) is 0 Å². The van der Waals surface area contributed by atoms with Crippen molar-refractivity contribution < 1.29 is 9.83 Å². The second-order valence-corrected chi connectivity index (χ2v) is 1.51. The minimum Gasteiger partial charge on any atom is -0.368 e. The predicted molar refractivity (Wildman–Crippen MR) is 28.8 cm³/mol. The van der Waals surface area contributed by atoms with E-state index in [0.29, 0.717) is 0 Å². The SMILES string of the molecule is C[C@H](N[N+](=O)[O-])C(N)=O. The highest BCUT2D eigenvalue weighted by atomic mass is 16.7. The highest BCUT2D eigenvalue weighted by Crippen LogP contribution is 1.75. The second-order valence-electron chi connectivity index (χ2n) is 1.51. The molecule has 0 aliphatic heterocycles. The average molecular weight is 133 g/mol. The van der Waals surface area contributed by atoms with Gasteiger partial charge >= 0.3 is 0 Å². The zero-order valence-corrected chi connectivity index (χ0v) is 4.83. The monoisotopic (exact) mass is 133 g/mol. The lowest BCUT2D eigenvalue weighted by atomic mass is 10.3. The van der Waals surface area contributed by atoms with Gasteiger partial charge in [0, 0.05) is 0 Å². The normalized spacial score (nSPS) is 12.1. The molecule has 1 atom stereocenters. The third-order valence-corrected chi connectivity index (χ3v) is 0.726. The van der Waals surface area contributed by atoms with Crippen LogP contribution in [-0.2, 0) is 4.79 Å². The second kappa shape index (κ2) is 2.85. The molecule has 52 valence electrons. The molecule has 0 aliphatic carbocycles. The van der Waals surface area contributed by atoms with E-state index in [1.54, 1.807) is 5.43 Å². The maximum atomic E-state index is 10.1.